The van der Waals surface area contributed by atoms with Gasteiger partial charge in [-0.3, -0.25) is 9.59 Å². The van der Waals surface area contributed by atoms with Crippen molar-refractivity contribution in [3.8, 4) is 0 Å². The smallest absolute Gasteiger partial charge is 0.228 e. The third kappa shape index (κ3) is 5.28. The molecule has 0 saturated carbocycles. The summed E-state index contributed by atoms with van der Waals surface area (Å²) in [5.74, 6) is -0.0691. The van der Waals surface area contributed by atoms with E-state index in [1.165, 1.54) is 6.07 Å². The molecule has 2 fully saturated rings. The maximum Gasteiger partial charge on any atom is 0.228 e. The number of piperazine rings is 1. The maximum absolute atomic E-state index is 14.9. The topological polar surface area (TPSA) is 52.7 Å². The normalized spacial score (nSPS) is 19.9. The minimum Gasteiger partial charge on any atom is -0.359 e. The molecular formula is C27H33ClFN3O2. The number of anilines is 1. The molecule has 1 amide bonds. The summed E-state index contributed by atoms with van der Waals surface area (Å²) in [5, 5.41) is 3.64. The van der Waals surface area contributed by atoms with Gasteiger partial charge >= 0.3 is 0 Å². The lowest BCUT2D eigenvalue weighted by atomic mass is 9.88. The summed E-state index contributed by atoms with van der Waals surface area (Å²) >= 11 is 5.99. The Morgan fingerprint density at radius 3 is 2.32 bits per heavy atom. The van der Waals surface area contributed by atoms with Gasteiger partial charge in [-0.2, -0.15) is 0 Å². The van der Waals surface area contributed by atoms with Crippen LogP contribution in [0.4, 0.5) is 10.1 Å². The van der Waals surface area contributed by atoms with Gasteiger partial charge in [-0.05, 0) is 49.7 Å². The summed E-state index contributed by atoms with van der Waals surface area (Å²) in [6.07, 6.45) is 1.72. The number of nitrogens with one attached hydrogen (secondary N) is 1. The van der Waals surface area contributed by atoms with Gasteiger partial charge in [0.1, 0.15) is 5.82 Å². The summed E-state index contributed by atoms with van der Waals surface area (Å²) < 4.78 is 14.9. The van der Waals surface area contributed by atoms with E-state index in [0.29, 0.717) is 35.9 Å². The molecule has 0 radical (unpaired) electrons. The monoisotopic (exact) mass is 485 g/mol. The van der Waals surface area contributed by atoms with Crippen molar-refractivity contribution in [3.63, 3.8) is 0 Å². The number of benzene rings is 2. The Balaban J connectivity index is 1.63. The zero-order valence-electron chi connectivity index (χ0n) is 20.1. The average molecular weight is 486 g/mol. The molecule has 2 aliphatic rings. The highest BCUT2D eigenvalue weighted by Gasteiger charge is 2.36. The third-order valence-corrected chi connectivity index (χ3v) is 7.05. The number of rotatable bonds is 4. The van der Waals surface area contributed by atoms with Crippen molar-refractivity contribution in [1.82, 2.24) is 10.2 Å². The van der Waals surface area contributed by atoms with Crippen LogP contribution >= 0.6 is 11.6 Å². The molecule has 5 nitrogen and oxygen atoms in total. The van der Waals surface area contributed by atoms with E-state index in [2.05, 4.69) is 5.32 Å². The second kappa shape index (κ2) is 10.0. The number of hydrogen-bond acceptors (Lipinski definition) is 4. The second-order valence-electron chi connectivity index (χ2n) is 10.3. The lowest BCUT2D eigenvalue weighted by Gasteiger charge is -2.44. The molecule has 2 aromatic carbocycles. The van der Waals surface area contributed by atoms with Gasteiger partial charge in [0.25, 0.3) is 0 Å². The van der Waals surface area contributed by atoms with Gasteiger partial charge < -0.3 is 15.1 Å². The number of halogens is 2. The predicted molar refractivity (Wildman–Crippen MR) is 134 cm³/mol. The van der Waals surface area contributed by atoms with Crippen LogP contribution in [0.5, 0.6) is 0 Å². The van der Waals surface area contributed by atoms with Crippen LogP contribution in [0.2, 0.25) is 5.02 Å². The lowest BCUT2D eigenvalue weighted by molar-refractivity contribution is -0.140. The van der Waals surface area contributed by atoms with Crippen molar-refractivity contribution >= 4 is 29.0 Å². The predicted octanol–water partition coefficient (Wildman–Crippen LogP) is 5.10. The van der Waals surface area contributed by atoms with Gasteiger partial charge in [0.05, 0.1) is 11.7 Å². The van der Waals surface area contributed by atoms with E-state index in [1.807, 2.05) is 54.8 Å². The number of nitrogens with zero attached hydrogens (tertiary/aromatic N) is 2. The Morgan fingerprint density at radius 2 is 1.71 bits per heavy atom. The molecule has 2 heterocycles. The summed E-state index contributed by atoms with van der Waals surface area (Å²) in [7, 11) is 0. The Hall–Kier alpha value is -2.44. The zero-order valence-corrected chi connectivity index (χ0v) is 20.9. The van der Waals surface area contributed by atoms with Gasteiger partial charge in [-0.1, -0.05) is 56.6 Å². The van der Waals surface area contributed by atoms with Crippen molar-refractivity contribution in [3.05, 3.63) is 64.4 Å². The van der Waals surface area contributed by atoms with Crippen LogP contribution in [0.25, 0.3) is 0 Å². The molecule has 7 heteroatoms. The van der Waals surface area contributed by atoms with Crippen molar-refractivity contribution < 1.29 is 14.0 Å². The average Bonchev–Trinajstić information content (AvgIpc) is 2.83. The molecule has 1 atom stereocenters. The van der Waals surface area contributed by atoms with Gasteiger partial charge in [-0.15, -0.1) is 0 Å². The van der Waals surface area contributed by atoms with Crippen LogP contribution in [0.15, 0.2) is 42.5 Å². The minimum absolute atomic E-state index is 0.0568. The Labute approximate surface area is 206 Å². The van der Waals surface area contributed by atoms with Crippen molar-refractivity contribution in [1.29, 1.82) is 0 Å². The SMILES string of the molecule is CC(C)(C)C(=O)N1CCN(c2ccc(Cl)cc2F)[C@H](c2ccc(C(=O)C3CCNCC3)cc2)C1. The van der Waals surface area contributed by atoms with Crippen LogP contribution in [-0.2, 0) is 4.79 Å². The van der Waals surface area contributed by atoms with Crippen LogP contribution in [0.3, 0.4) is 0 Å². The first-order valence-corrected chi connectivity index (χ1v) is 12.4. The molecule has 4 rings (SSSR count). The molecule has 182 valence electrons. The second-order valence-corrected chi connectivity index (χ2v) is 10.8. The highest BCUT2D eigenvalue weighted by molar-refractivity contribution is 6.30. The molecule has 2 aliphatic heterocycles. The van der Waals surface area contributed by atoms with Crippen LogP contribution < -0.4 is 10.2 Å². The molecule has 2 saturated heterocycles. The summed E-state index contributed by atoms with van der Waals surface area (Å²) in [6.45, 7) is 8.94. The number of ketones is 1. The Bertz CT molecular complexity index is 1040. The van der Waals surface area contributed by atoms with Gasteiger partial charge in [0.15, 0.2) is 5.78 Å². The molecule has 2 aromatic rings. The number of hydrogen-bond donors (Lipinski definition) is 1. The number of amides is 1. The number of carbonyl (C=O) groups excluding carboxylic acids is 2. The lowest BCUT2D eigenvalue weighted by Crippen LogP contribution is -2.53. The van der Waals surface area contributed by atoms with E-state index in [0.717, 1.165) is 31.5 Å². The van der Waals surface area contributed by atoms with Crippen LogP contribution in [-0.4, -0.2) is 49.3 Å². The standard InChI is InChI=1S/C27H33ClFN3O2/c1-27(2,3)26(34)31-14-15-32(23-9-8-21(28)16-22(23)29)24(17-31)18-4-6-19(7-5-18)25(33)20-10-12-30-13-11-20/h4-9,16,20,24,30H,10-15,17H2,1-3H3/t24-/m0/s1. The van der Waals surface area contributed by atoms with E-state index in [1.54, 1.807) is 12.1 Å². The van der Waals surface area contributed by atoms with Crippen LogP contribution in [0, 0.1) is 17.2 Å². The van der Waals surface area contributed by atoms with Gasteiger partial charge in [0, 0.05) is 41.6 Å². The third-order valence-electron chi connectivity index (χ3n) is 6.82. The first-order chi connectivity index (χ1) is 16.1. The summed E-state index contributed by atoms with van der Waals surface area (Å²) in [4.78, 5) is 29.9. The maximum atomic E-state index is 14.9. The van der Waals surface area contributed by atoms with Crippen molar-refractivity contribution in [2.24, 2.45) is 11.3 Å². The van der Waals surface area contributed by atoms with E-state index >= 15 is 0 Å². The summed E-state index contributed by atoms with van der Waals surface area (Å²) in [6, 6.07) is 12.1. The molecule has 0 spiro atoms. The fourth-order valence-electron chi connectivity index (χ4n) is 4.92. The fourth-order valence-corrected chi connectivity index (χ4v) is 5.08. The first-order valence-electron chi connectivity index (χ1n) is 12.0. The van der Waals surface area contributed by atoms with Gasteiger partial charge in [0.2, 0.25) is 5.91 Å². The first kappa shape index (κ1) is 24.7. The molecular weight excluding hydrogens is 453 g/mol. The quantitative estimate of drug-likeness (QED) is 0.612. The van der Waals surface area contributed by atoms with Crippen molar-refractivity contribution in [2.75, 3.05) is 37.6 Å². The Morgan fingerprint density at radius 1 is 1.03 bits per heavy atom. The minimum atomic E-state index is -0.497. The van der Waals surface area contributed by atoms with E-state index in [4.69, 9.17) is 11.6 Å². The molecule has 0 unspecified atom stereocenters. The van der Waals surface area contributed by atoms with E-state index < -0.39 is 5.41 Å². The van der Waals surface area contributed by atoms with Crippen LogP contribution in [0.1, 0.15) is 55.6 Å². The van der Waals surface area contributed by atoms with E-state index in [-0.39, 0.29) is 29.5 Å². The molecule has 0 bridgehead atoms. The van der Waals surface area contributed by atoms with Crippen molar-refractivity contribution in [2.45, 2.75) is 39.7 Å². The van der Waals surface area contributed by atoms with E-state index in [9.17, 15) is 14.0 Å². The van der Waals surface area contributed by atoms with Gasteiger partial charge in [-0.25, -0.2) is 4.39 Å². The highest BCUT2D eigenvalue weighted by Crippen LogP contribution is 2.35. The molecule has 1 N–H and O–H groups in total. The highest BCUT2D eigenvalue weighted by atomic mass is 35.5. The number of carbonyl (C=O) groups is 2. The number of Topliss-reactive ketones (excluding diaryl/α,β-unsaturated/α-hetero) is 1. The fraction of sp³-hybridized carbons (Fsp3) is 0.481. The largest absolute Gasteiger partial charge is 0.359 e. The Kier molecular flexibility index (Phi) is 7.29. The molecule has 0 aliphatic carbocycles. The summed E-state index contributed by atoms with van der Waals surface area (Å²) in [5.41, 5.74) is 1.62. The number of piperidine rings is 1. The zero-order chi connectivity index (χ0) is 24.5. The molecule has 34 heavy (non-hydrogen) atoms. The molecule has 0 aromatic heterocycles.